The highest BCUT2D eigenvalue weighted by Gasteiger charge is 2.70. The molecule has 0 aliphatic rings. The van der Waals surface area contributed by atoms with Crippen molar-refractivity contribution in [1.29, 1.82) is 0 Å². The summed E-state index contributed by atoms with van der Waals surface area (Å²) < 4.78 is 82.8. The number of amides is 1. The van der Waals surface area contributed by atoms with Gasteiger partial charge in [-0.05, 0) is 54.8 Å². The third-order valence-corrected chi connectivity index (χ3v) is 5.71. The molecule has 176 valence electrons. The highest BCUT2D eigenvalue weighted by Crippen LogP contribution is 2.53. The lowest BCUT2D eigenvalue weighted by Gasteiger charge is -2.34. The van der Waals surface area contributed by atoms with Gasteiger partial charge >= 0.3 is 6.18 Å². The molecule has 3 aromatic rings. The molecule has 3 nitrogen and oxygen atoms in total. The molecule has 1 unspecified atom stereocenters. The minimum atomic E-state index is -5.86. The standard InChI is InChI=1S/C23H19ClF6N2O/c1-4-13-10-15(22(27,21(3,25)26)23(28,29)30)9-12(2)19(13)32-20(33)14-5-6-18-16(11-14)17(24)7-8-31-18/h5-11H,4H2,1-3H3,(H,32,33). The van der Waals surface area contributed by atoms with Crippen molar-refractivity contribution in [2.24, 2.45) is 0 Å². The maximum Gasteiger partial charge on any atom is 0.432 e. The Kier molecular flexibility index (Phi) is 6.41. The molecule has 0 fully saturated rings. The van der Waals surface area contributed by atoms with Crippen molar-refractivity contribution in [2.75, 3.05) is 5.32 Å². The van der Waals surface area contributed by atoms with Gasteiger partial charge in [-0.25, -0.2) is 13.2 Å². The first-order valence-electron chi connectivity index (χ1n) is 9.83. The van der Waals surface area contributed by atoms with E-state index in [4.69, 9.17) is 11.6 Å². The lowest BCUT2D eigenvalue weighted by atomic mass is 9.86. The average Bonchev–Trinajstić information content (AvgIpc) is 2.72. The topological polar surface area (TPSA) is 42.0 Å². The second-order valence-electron chi connectivity index (χ2n) is 7.70. The van der Waals surface area contributed by atoms with E-state index >= 15 is 0 Å². The first-order chi connectivity index (χ1) is 15.2. The zero-order valence-corrected chi connectivity index (χ0v) is 18.5. The molecule has 2 aromatic carbocycles. The third-order valence-electron chi connectivity index (χ3n) is 5.38. The number of aromatic nitrogens is 1. The number of carbonyl (C=O) groups is 1. The quantitative estimate of drug-likeness (QED) is 0.380. The number of benzene rings is 2. The maximum absolute atomic E-state index is 14.9. The van der Waals surface area contributed by atoms with Crippen LogP contribution in [-0.4, -0.2) is 23.0 Å². The average molecular weight is 489 g/mol. The van der Waals surface area contributed by atoms with Crippen LogP contribution in [0.1, 0.15) is 40.9 Å². The van der Waals surface area contributed by atoms with E-state index in [9.17, 15) is 31.1 Å². The summed E-state index contributed by atoms with van der Waals surface area (Å²) in [6.45, 7) is 2.74. The van der Waals surface area contributed by atoms with Gasteiger partial charge in [-0.2, -0.15) is 13.2 Å². The minimum Gasteiger partial charge on any atom is -0.321 e. The largest absolute Gasteiger partial charge is 0.432 e. The normalized spacial score (nSPS) is 14.2. The number of hydrogen-bond donors (Lipinski definition) is 1. The van der Waals surface area contributed by atoms with Gasteiger partial charge in [-0.3, -0.25) is 9.78 Å². The molecule has 0 aliphatic heterocycles. The molecule has 1 atom stereocenters. The molecule has 0 radical (unpaired) electrons. The Morgan fingerprint density at radius 1 is 1.06 bits per heavy atom. The van der Waals surface area contributed by atoms with Gasteiger partial charge in [0.2, 0.25) is 0 Å². The van der Waals surface area contributed by atoms with Crippen LogP contribution in [0.5, 0.6) is 0 Å². The fraction of sp³-hybridized carbons (Fsp3) is 0.304. The molecule has 33 heavy (non-hydrogen) atoms. The second kappa shape index (κ2) is 8.52. The van der Waals surface area contributed by atoms with E-state index < -0.39 is 29.2 Å². The van der Waals surface area contributed by atoms with Gasteiger partial charge in [0, 0.05) is 35.3 Å². The number of hydrogen-bond acceptors (Lipinski definition) is 2. The Labute approximate surface area is 190 Å². The van der Waals surface area contributed by atoms with E-state index in [-0.39, 0.29) is 35.7 Å². The van der Waals surface area contributed by atoms with Gasteiger partial charge in [-0.15, -0.1) is 0 Å². The van der Waals surface area contributed by atoms with Crippen LogP contribution < -0.4 is 5.32 Å². The molecule has 10 heteroatoms. The van der Waals surface area contributed by atoms with E-state index in [1.807, 2.05) is 0 Å². The monoisotopic (exact) mass is 488 g/mol. The molecule has 0 bridgehead atoms. The molecule has 1 aromatic heterocycles. The van der Waals surface area contributed by atoms with Crippen molar-refractivity contribution in [3.63, 3.8) is 0 Å². The van der Waals surface area contributed by atoms with E-state index in [1.165, 1.54) is 25.3 Å². The van der Waals surface area contributed by atoms with Crippen molar-refractivity contribution in [3.05, 3.63) is 69.9 Å². The number of pyridine rings is 1. The summed E-state index contributed by atoms with van der Waals surface area (Å²) in [6.07, 6.45) is -4.29. The van der Waals surface area contributed by atoms with E-state index in [0.29, 0.717) is 28.1 Å². The highest BCUT2D eigenvalue weighted by molar-refractivity contribution is 6.35. The molecule has 1 N–H and O–H groups in total. The lowest BCUT2D eigenvalue weighted by Crippen LogP contribution is -2.51. The fourth-order valence-electron chi connectivity index (χ4n) is 3.62. The Morgan fingerprint density at radius 3 is 2.30 bits per heavy atom. The predicted octanol–water partition coefficient (Wildman–Crippen LogP) is 7.39. The summed E-state index contributed by atoms with van der Waals surface area (Å²) in [5, 5.41) is 3.48. The summed E-state index contributed by atoms with van der Waals surface area (Å²) >= 11 is 6.14. The Balaban J connectivity index is 2.05. The SMILES string of the molecule is CCc1cc(C(F)(C(C)(F)F)C(F)(F)F)cc(C)c1NC(=O)c1ccc2nccc(Cl)c2c1. The summed E-state index contributed by atoms with van der Waals surface area (Å²) in [7, 11) is 0. The molecule has 0 spiro atoms. The first-order valence-corrected chi connectivity index (χ1v) is 10.2. The fourth-order valence-corrected chi connectivity index (χ4v) is 3.83. The Hall–Kier alpha value is -2.81. The number of fused-ring (bicyclic) bond motifs is 1. The van der Waals surface area contributed by atoms with Crippen molar-refractivity contribution >= 4 is 34.1 Å². The number of halogens is 7. The molecule has 3 rings (SSSR count). The number of nitrogens with one attached hydrogen (secondary N) is 1. The van der Waals surface area contributed by atoms with Crippen molar-refractivity contribution in [2.45, 2.75) is 45.0 Å². The van der Waals surface area contributed by atoms with Crippen LogP contribution in [-0.2, 0) is 12.1 Å². The summed E-state index contributed by atoms with van der Waals surface area (Å²) in [4.78, 5) is 17.0. The smallest absolute Gasteiger partial charge is 0.321 e. The van der Waals surface area contributed by atoms with Crippen LogP contribution >= 0.6 is 11.6 Å². The van der Waals surface area contributed by atoms with Crippen LogP contribution in [0.2, 0.25) is 5.02 Å². The van der Waals surface area contributed by atoms with Gasteiger partial charge in [0.15, 0.2) is 0 Å². The number of aryl methyl sites for hydroxylation is 2. The van der Waals surface area contributed by atoms with Crippen LogP contribution in [0.4, 0.5) is 32.0 Å². The molecule has 0 saturated heterocycles. The number of carbonyl (C=O) groups excluding carboxylic acids is 1. The number of rotatable bonds is 5. The van der Waals surface area contributed by atoms with Crippen LogP contribution in [0.25, 0.3) is 10.9 Å². The van der Waals surface area contributed by atoms with Crippen LogP contribution in [0.3, 0.4) is 0 Å². The molecule has 1 amide bonds. The Morgan fingerprint density at radius 2 is 1.73 bits per heavy atom. The van der Waals surface area contributed by atoms with Gasteiger partial charge in [0.1, 0.15) is 0 Å². The number of nitrogens with zero attached hydrogens (tertiary/aromatic N) is 1. The van der Waals surface area contributed by atoms with Gasteiger partial charge in [0.05, 0.1) is 10.5 Å². The molecule has 1 heterocycles. The minimum absolute atomic E-state index is 0.00807. The highest BCUT2D eigenvalue weighted by atomic mass is 35.5. The summed E-state index contributed by atoms with van der Waals surface area (Å²) in [5.74, 6) is -5.34. The lowest BCUT2D eigenvalue weighted by molar-refractivity contribution is -0.304. The number of alkyl halides is 6. The van der Waals surface area contributed by atoms with Gasteiger partial charge in [-0.1, -0.05) is 24.6 Å². The molecule has 0 saturated carbocycles. The van der Waals surface area contributed by atoms with Crippen molar-refractivity contribution in [3.8, 4) is 0 Å². The molecule has 0 aliphatic carbocycles. The Bertz CT molecular complexity index is 1210. The molecular formula is C23H19ClF6N2O. The van der Waals surface area contributed by atoms with E-state index in [0.717, 1.165) is 0 Å². The van der Waals surface area contributed by atoms with Crippen LogP contribution in [0, 0.1) is 6.92 Å². The van der Waals surface area contributed by atoms with Crippen molar-refractivity contribution < 1.29 is 31.1 Å². The van der Waals surface area contributed by atoms with Gasteiger partial charge in [0.25, 0.3) is 17.5 Å². The second-order valence-corrected chi connectivity index (χ2v) is 8.11. The van der Waals surface area contributed by atoms with E-state index in [1.54, 1.807) is 19.1 Å². The first kappa shape index (κ1) is 24.8. The number of anilines is 1. The van der Waals surface area contributed by atoms with Crippen LogP contribution in [0.15, 0.2) is 42.6 Å². The molecular weight excluding hydrogens is 470 g/mol. The zero-order chi connectivity index (χ0) is 24.8. The maximum atomic E-state index is 14.9. The zero-order valence-electron chi connectivity index (χ0n) is 17.7. The van der Waals surface area contributed by atoms with Crippen molar-refractivity contribution in [1.82, 2.24) is 4.98 Å². The summed E-state index contributed by atoms with van der Waals surface area (Å²) in [5.41, 5.74) is -5.16. The van der Waals surface area contributed by atoms with E-state index in [2.05, 4.69) is 10.3 Å². The van der Waals surface area contributed by atoms with Gasteiger partial charge < -0.3 is 5.32 Å². The predicted molar refractivity (Wildman–Crippen MR) is 115 cm³/mol. The summed E-state index contributed by atoms with van der Waals surface area (Å²) in [6, 6.07) is 7.52. The third kappa shape index (κ3) is 4.38.